The third-order valence-electron chi connectivity index (χ3n) is 3.69. The minimum absolute atomic E-state index is 0.0517. The Morgan fingerprint density at radius 1 is 1.10 bits per heavy atom. The summed E-state index contributed by atoms with van der Waals surface area (Å²) in [7, 11) is 0. The van der Waals surface area contributed by atoms with Crippen molar-refractivity contribution in [2.75, 3.05) is 0 Å². The minimum Gasteiger partial charge on any atom is -0.460 e. The van der Waals surface area contributed by atoms with Crippen molar-refractivity contribution in [2.24, 2.45) is 11.8 Å². The Balaban J connectivity index is 2.13. The predicted molar refractivity (Wildman–Crippen MR) is 85.1 cm³/mol. The quantitative estimate of drug-likeness (QED) is 0.598. The average Bonchev–Trinajstić information content (AvgIpc) is 2.86. The molecule has 0 N–H and O–H groups in total. The molecule has 0 heterocycles. The number of benzene rings is 1. The van der Waals surface area contributed by atoms with Crippen molar-refractivity contribution in [3.63, 3.8) is 0 Å². The number of rotatable bonds is 3. The summed E-state index contributed by atoms with van der Waals surface area (Å²) < 4.78 is 6.40. The van der Waals surface area contributed by atoms with Crippen LogP contribution in [0.4, 0.5) is 0 Å². The Labute approximate surface area is 134 Å². The Morgan fingerprint density at radius 3 is 2.24 bits per heavy atom. The Morgan fingerprint density at radius 2 is 1.67 bits per heavy atom. The summed E-state index contributed by atoms with van der Waals surface area (Å²) >= 11 is 3.36. The Hall–Kier alpha value is -1.16. The molecule has 2 rings (SSSR count). The third kappa shape index (κ3) is 4.16. The van der Waals surface area contributed by atoms with E-state index in [0.717, 1.165) is 23.7 Å². The van der Waals surface area contributed by atoms with Gasteiger partial charge < -0.3 is 4.74 Å². The van der Waals surface area contributed by atoms with Crippen molar-refractivity contribution in [2.45, 2.75) is 45.6 Å². The maximum atomic E-state index is 12.6. The van der Waals surface area contributed by atoms with Crippen LogP contribution in [0.1, 0.15) is 50.4 Å². The summed E-state index contributed by atoms with van der Waals surface area (Å²) in [5.74, 6) is -0.743. The van der Waals surface area contributed by atoms with E-state index < -0.39 is 5.60 Å². The molecule has 0 bridgehead atoms. The summed E-state index contributed by atoms with van der Waals surface area (Å²) in [6.45, 7) is 5.56. The van der Waals surface area contributed by atoms with Crippen LogP contribution >= 0.6 is 15.9 Å². The molecule has 21 heavy (non-hydrogen) atoms. The lowest BCUT2D eigenvalue weighted by Crippen LogP contribution is -2.32. The second-order valence-corrected chi connectivity index (χ2v) is 7.46. The first-order valence-electron chi connectivity index (χ1n) is 7.30. The number of carbonyl (C=O) groups excluding carboxylic acids is 2. The predicted octanol–water partition coefficient (Wildman–Crippen LogP) is 4.39. The molecule has 1 aliphatic carbocycles. The largest absolute Gasteiger partial charge is 0.460 e. The molecule has 0 aliphatic heterocycles. The van der Waals surface area contributed by atoms with Crippen LogP contribution in [0, 0.1) is 11.8 Å². The maximum Gasteiger partial charge on any atom is 0.310 e. The molecule has 3 nitrogen and oxygen atoms in total. The normalized spacial score (nSPS) is 22.1. The summed E-state index contributed by atoms with van der Waals surface area (Å²) in [4.78, 5) is 24.9. The number of ether oxygens (including phenoxy) is 1. The molecule has 114 valence electrons. The average molecular weight is 353 g/mol. The third-order valence-corrected chi connectivity index (χ3v) is 4.22. The van der Waals surface area contributed by atoms with Crippen LogP contribution in [-0.4, -0.2) is 17.4 Å². The number of carbonyl (C=O) groups is 2. The van der Waals surface area contributed by atoms with Crippen LogP contribution in [0.5, 0.6) is 0 Å². The van der Waals surface area contributed by atoms with Crippen LogP contribution in [0.15, 0.2) is 28.7 Å². The molecular weight excluding hydrogens is 332 g/mol. The number of hydrogen-bond acceptors (Lipinski definition) is 3. The number of esters is 1. The number of Topliss-reactive ketones (excluding diaryl/α,β-unsaturated/α-hetero) is 1. The molecule has 0 aromatic heterocycles. The molecule has 1 aromatic rings. The lowest BCUT2D eigenvalue weighted by molar-refractivity contribution is -0.160. The Bertz CT molecular complexity index is 528. The monoisotopic (exact) mass is 352 g/mol. The van der Waals surface area contributed by atoms with Crippen molar-refractivity contribution >= 4 is 27.7 Å². The molecule has 0 radical (unpaired) electrons. The van der Waals surface area contributed by atoms with E-state index in [1.807, 2.05) is 32.9 Å². The summed E-state index contributed by atoms with van der Waals surface area (Å²) in [5.41, 5.74) is 0.156. The van der Waals surface area contributed by atoms with Gasteiger partial charge in [0.1, 0.15) is 5.60 Å². The van der Waals surface area contributed by atoms with Gasteiger partial charge in [-0.15, -0.1) is 0 Å². The van der Waals surface area contributed by atoms with Gasteiger partial charge in [0.15, 0.2) is 5.78 Å². The molecule has 1 aliphatic rings. The van der Waals surface area contributed by atoms with Crippen LogP contribution in [0.3, 0.4) is 0 Å². The minimum atomic E-state index is -0.509. The molecule has 0 saturated heterocycles. The molecule has 1 saturated carbocycles. The molecule has 1 aromatic carbocycles. The smallest absolute Gasteiger partial charge is 0.310 e. The summed E-state index contributed by atoms with van der Waals surface area (Å²) in [6.07, 6.45) is 2.40. The zero-order valence-corrected chi connectivity index (χ0v) is 14.3. The van der Waals surface area contributed by atoms with Gasteiger partial charge in [-0.25, -0.2) is 0 Å². The Kier molecular flexibility index (Phi) is 4.87. The fourth-order valence-corrected chi connectivity index (χ4v) is 3.03. The molecular formula is C17H21BrO3. The van der Waals surface area contributed by atoms with Gasteiger partial charge in [0.25, 0.3) is 0 Å². The SMILES string of the molecule is CC(C)(C)OC(=O)[C@@H]1CCCC1C(=O)c1ccc(Br)cc1. The van der Waals surface area contributed by atoms with Gasteiger partial charge in [0.05, 0.1) is 5.92 Å². The van der Waals surface area contributed by atoms with Crippen molar-refractivity contribution in [3.8, 4) is 0 Å². The van der Waals surface area contributed by atoms with Gasteiger partial charge in [-0.05, 0) is 45.7 Å². The molecule has 0 amide bonds. The van der Waals surface area contributed by atoms with E-state index in [1.165, 1.54) is 0 Å². The van der Waals surface area contributed by atoms with Crippen molar-refractivity contribution in [1.29, 1.82) is 0 Å². The van der Waals surface area contributed by atoms with Gasteiger partial charge in [0, 0.05) is 16.0 Å². The molecule has 1 fully saturated rings. The zero-order valence-electron chi connectivity index (χ0n) is 12.7. The first-order chi connectivity index (χ1) is 9.78. The summed E-state index contributed by atoms with van der Waals surface area (Å²) in [6, 6.07) is 7.31. The first kappa shape index (κ1) is 16.2. The highest BCUT2D eigenvalue weighted by Gasteiger charge is 2.40. The number of hydrogen-bond donors (Lipinski definition) is 0. The van der Waals surface area contributed by atoms with Crippen LogP contribution in [-0.2, 0) is 9.53 Å². The fourth-order valence-electron chi connectivity index (χ4n) is 2.76. The lowest BCUT2D eigenvalue weighted by Gasteiger charge is -2.24. The van der Waals surface area contributed by atoms with Gasteiger partial charge in [0.2, 0.25) is 0 Å². The van der Waals surface area contributed by atoms with E-state index in [2.05, 4.69) is 15.9 Å². The maximum absolute atomic E-state index is 12.6. The van der Waals surface area contributed by atoms with Crippen LogP contribution in [0.2, 0.25) is 0 Å². The van der Waals surface area contributed by atoms with Crippen molar-refractivity contribution in [3.05, 3.63) is 34.3 Å². The van der Waals surface area contributed by atoms with Gasteiger partial charge in [-0.3, -0.25) is 9.59 Å². The molecule has 1 unspecified atom stereocenters. The highest BCUT2D eigenvalue weighted by Crippen LogP contribution is 2.36. The van der Waals surface area contributed by atoms with E-state index in [9.17, 15) is 9.59 Å². The molecule has 4 heteroatoms. The van der Waals surface area contributed by atoms with Crippen LogP contribution in [0.25, 0.3) is 0 Å². The highest BCUT2D eigenvalue weighted by molar-refractivity contribution is 9.10. The summed E-state index contributed by atoms with van der Waals surface area (Å²) in [5, 5.41) is 0. The highest BCUT2D eigenvalue weighted by atomic mass is 79.9. The van der Waals surface area contributed by atoms with Crippen molar-refractivity contribution in [1.82, 2.24) is 0 Å². The second-order valence-electron chi connectivity index (χ2n) is 6.55. The zero-order chi connectivity index (χ0) is 15.6. The lowest BCUT2D eigenvalue weighted by atomic mass is 9.88. The van der Waals surface area contributed by atoms with Gasteiger partial charge in [-0.2, -0.15) is 0 Å². The topological polar surface area (TPSA) is 43.4 Å². The fraction of sp³-hybridized carbons (Fsp3) is 0.529. The second kappa shape index (κ2) is 6.30. The van der Waals surface area contributed by atoms with E-state index in [4.69, 9.17) is 4.74 Å². The van der Waals surface area contributed by atoms with E-state index >= 15 is 0 Å². The number of ketones is 1. The van der Waals surface area contributed by atoms with Crippen molar-refractivity contribution < 1.29 is 14.3 Å². The van der Waals surface area contributed by atoms with E-state index in [0.29, 0.717) is 5.56 Å². The van der Waals surface area contributed by atoms with E-state index in [1.54, 1.807) is 12.1 Å². The molecule has 0 spiro atoms. The molecule has 2 atom stereocenters. The van der Waals surface area contributed by atoms with E-state index in [-0.39, 0.29) is 23.6 Å². The van der Waals surface area contributed by atoms with Gasteiger partial charge in [-0.1, -0.05) is 34.5 Å². The number of halogens is 1. The van der Waals surface area contributed by atoms with Crippen LogP contribution < -0.4 is 0 Å². The first-order valence-corrected chi connectivity index (χ1v) is 8.10. The standard InChI is InChI=1S/C17H21BrO3/c1-17(2,3)21-16(20)14-6-4-5-13(14)15(19)11-7-9-12(18)10-8-11/h7-10,13-14H,4-6H2,1-3H3/t13?,14-/m1/s1. The van der Waals surface area contributed by atoms with Gasteiger partial charge >= 0.3 is 5.97 Å².